The Morgan fingerprint density at radius 3 is 0.866 bits per heavy atom. The normalized spacial score (nSPS) is 12.2. The van der Waals surface area contributed by atoms with Gasteiger partial charge in [-0.25, -0.2) is 0 Å². The minimum atomic E-state index is -0.783. The van der Waals surface area contributed by atoms with Crippen molar-refractivity contribution in [3.63, 3.8) is 0 Å². The van der Waals surface area contributed by atoms with Gasteiger partial charge in [0.2, 0.25) is 0 Å². The van der Waals surface area contributed by atoms with E-state index in [1.165, 1.54) is 205 Å². The first kappa shape index (κ1) is 64.6. The number of allylic oxidation sites excluding steroid dienone is 6. The van der Waals surface area contributed by atoms with Crippen LogP contribution in [0, 0.1) is 0 Å². The van der Waals surface area contributed by atoms with E-state index in [-0.39, 0.29) is 31.1 Å². The van der Waals surface area contributed by atoms with Gasteiger partial charge in [0.1, 0.15) is 13.2 Å². The van der Waals surface area contributed by atoms with Crippen LogP contribution in [0.2, 0.25) is 0 Å². The fourth-order valence-corrected chi connectivity index (χ4v) is 8.69. The molecule has 0 saturated carbocycles. The highest BCUT2D eigenvalue weighted by atomic mass is 16.6. The van der Waals surface area contributed by atoms with E-state index in [0.29, 0.717) is 19.3 Å². The maximum Gasteiger partial charge on any atom is 0.306 e. The lowest BCUT2D eigenvalue weighted by Crippen LogP contribution is -2.30. The highest BCUT2D eigenvalue weighted by Gasteiger charge is 2.19. The topological polar surface area (TPSA) is 78.9 Å². The van der Waals surface area contributed by atoms with Gasteiger partial charge in [-0.2, -0.15) is 0 Å². The number of rotatable bonds is 54. The Hall–Kier alpha value is -2.37. The first-order valence-corrected chi connectivity index (χ1v) is 29.5. The predicted molar refractivity (Wildman–Crippen MR) is 289 cm³/mol. The molecule has 0 bridgehead atoms. The molecule has 0 aromatic heterocycles. The molecule has 0 N–H and O–H groups in total. The van der Waals surface area contributed by atoms with E-state index in [9.17, 15) is 14.4 Å². The minimum Gasteiger partial charge on any atom is -0.462 e. The molecule has 0 rings (SSSR count). The fourth-order valence-electron chi connectivity index (χ4n) is 8.69. The molecule has 67 heavy (non-hydrogen) atoms. The Labute approximate surface area is 416 Å². The van der Waals surface area contributed by atoms with E-state index >= 15 is 0 Å². The minimum absolute atomic E-state index is 0.0791. The lowest BCUT2D eigenvalue weighted by atomic mass is 10.0. The molecule has 6 heteroatoms. The third-order valence-electron chi connectivity index (χ3n) is 13.1. The molecule has 0 unspecified atom stereocenters. The van der Waals surface area contributed by atoms with Gasteiger partial charge in [-0.15, -0.1) is 0 Å². The second kappa shape index (κ2) is 56.2. The summed E-state index contributed by atoms with van der Waals surface area (Å²) in [5, 5.41) is 0. The van der Waals surface area contributed by atoms with Crippen molar-refractivity contribution < 1.29 is 28.6 Å². The molecule has 0 aliphatic rings. The molecule has 0 spiro atoms. The molecule has 0 heterocycles. The van der Waals surface area contributed by atoms with Gasteiger partial charge in [0, 0.05) is 19.3 Å². The first-order valence-electron chi connectivity index (χ1n) is 29.5. The summed E-state index contributed by atoms with van der Waals surface area (Å²) in [4.78, 5) is 38.1. The molecule has 0 saturated heterocycles. The van der Waals surface area contributed by atoms with Gasteiger partial charge < -0.3 is 14.2 Å². The van der Waals surface area contributed by atoms with Crippen molar-refractivity contribution in [2.45, 2.75) is 322 Å². The number of carbonyl (C=O) groups is 3. The van der Waals surface area contributed by atoms with Crippen LogP contribution >= 0.6 is 0 Å². The Bertz CT molecular complexity index is 1130. The van der Waals surface area contributed by atoms with Gasteiger partial charge in [-0.05, 0) is 57.8 Å². The largest absolute Gasteiger partial charge is 0.462 e. The maximum absolute atomic E-state index is 12.9. The number of carbonyl (C=O) groups excluding carboxylic acids is 3. The molecule has 0 aromatic rings. The van der Waals surface area contributed by atoms with Crippen LogP contribution in [-0.4, -0.2) is 37.2 Å². The average Bonchev–Trinajstić information content (AvgIpc) is 3.33. The lowest BCUT2D eigenvalue weighted by Gasteiger charge is -2.18. The molecule has 6 nitrogen and oxygen atoms in total. The highest BCUT2D eigenvalue weighted by Crippen LogP contribution is 2.17. The Morgan fingerprint density at radius 1 is 0.299 bits per heavy atom. The number of esters is 3. The van der Waals surface area contributed by atoms with Gasteiger partial charge in [-0.3, -0.25) is 14.4 Å². The van der Waals surface area contributed by atoms with Crippen molar-refractivity contribution >= 4 is 17.9 Å². The maximum atomic E-state index is 12.9. The van der Waals surface area contributed by atoms with E-state index in [2.05, 4.69) is 57.2 Å². The Kier molecular flexibility index (Phi) is 54.2. The van der Waals surface area contributed by atoms with E-state index in [1.54, 1.807) is 0 Å². The summed E-state index contributed by atoms with van der Waals surface area (Å²) < 4.78 is 16.9. The summed E-state index contributed by atoms with van der Waals surface area (Å²) in [5.74, 6) is -0.898. The molecule has 0 amide bonds. The van der Waals surface area contributed by atoms with E-state index < -0.39 is 6.10 Å². The molecular weight excluding hydrogens is 829 g/mol. The molecule has 0 aromatic carbocycles. The van der Waals surface area contributed by atoms with Crippen LogP contribution in [-0.2, 0) is 28.6 Å². The van der Waals surface area contributed by atoms with Crippen molar-refractivity contribution in [2.75, 3.05) is 13.2 Å². The summed E-state index contributed by atoms with van der Waals surface area (Å²) in [6.45, 7) is 6.63. The van der Waals surface area contributed by atoms with Gasteiger partial charge in [0.25, 0.3) is 0 Å². The standard InChI is InChI=1S/C61H112O6/c1-4-7-10-13-16-19-22-25-28-29-30-31-34-37-40-43-46-49-52-55-61(64)67-58(56-65-59(62)53-50-47-44-41-38-35-32-26-23-20-17-14-11-8-5-2)57-66-60(63)54-51-48-45-42-39-36-33-27-24-21-18-15-12-9-6-3/h17,20,26,32,38,41,58H,4-16,18-19,21-25,27-31,33-37,39-40,42-57H2,1-3H3/b20-17-,32-26-,41-38-/t58-/m1/s1. The number of unbranched alkanes of at least 4 members (excludes halogenated alkanes) is 37. The van der Waals surface area contributed by atoms with Crippen LogP contribution in [0.4, 0.5) is 0 Å². The van der Waals surface area contributed by atoms with Crippen molar-refractivity contribution in [3.8, 4) is 0 Å². The quantitative estimate of drug-likeness (QED) is 0.0262. The lowest BCUT2D eigenvalue weighted by molar-refractivity contribution is -0.167. The van der Waals surface area contributed by atoms with Gasteiger partial charge in [0.15, 0.2) is 6.10 Å². The monoisotopic (exact) mass is 941 g/mol. The summed E-state index contributed by atoms with van der Waals surface area (Å²) in [5.41, 5.74) is 0. The molecule has 0 aliphatic carbocycles. The van der Waals surface area contributed by atoms with Crippen LogP contribution in [0.25, 0.3) is 0 Å². The van der Waals surface area contributed by atoms with Crippen molar-refractivity contribution in [3.05, 3.63) is 36.5 Å². The zero-order valence-corrected chi connectivity index (χ0v) is 44.9. The van der Waals surface area contributed by atoms with E-state index in [1.807, 2.05) is 0 Å². The van der Waals surface area contributed by atoms with Crippen LogP contribution in [0.3, 0.4) is 0 Å². The predicted octanol–water partition coefficient (Wildman–Crippen LogP) is 19.7. The van der Waals surface area contributed by atoms with Gasteiger partial charge in [-0.1, -0.05) is 276 Å². The summed E-state index contributed by atoms with van der Waals surface area (Å²) in [7, 11) is 0. The van der Waals surface area contributed by atoms with Crippen LogP contribution in [0.5, 0.6) is 0 Å². The van der Waals surface area contributed by atoms with Crippen molar-refractivity contribution in [1.29, 1.82) is 0 Å². The third-order valence-corrected chi connectivity index (χ3v) is 13.1. The average molecular weight is 942 g/mol. The van der Waals surface area contributed by atoms with Crippen LogP contribution in [0.1, 0.15) is 316 Å². The zero-order chi connectivity index (χ0) is 48.6. The number of hydrogen-bond donors (Lipinski definition) is 0. The van der Waals surface area contributed by atoms with E-state index in [4.69, 9.17) is 14.2 Å². The summed E-state index contributed by atoms with van der Waals surface area (Å²) >= 11 is 0. The fraction of sp³-hybridized carbons (Fsp3) is 0.852. The zero-order valence-electron chi connectivity index (χ0n) is 44.9. The highest BCUT2D eigenvalue weighted by molar-refractivity contribution is 5.71. The van der Waals surface area contributed by atoms with Gasteiger partial charge in [0.05, 0.1) is 0 Å². The second-order valence-corrected chi connectivity index (χ2v) is 19.9. The molecule has 0 fully saturated rings. The number of ether oxygens (including phenoxy) is 3. The first-order chi connectivity index (χ1) is 33.0. The SMILES string of the molecule is CCCCC/C=C\C/C=C\C/C=C\CCCCC(=O)OC[C@H](COC(=O)CCCCCCCCCCCCCCCCC)OC(=O)CCCCCCCCCCCCCCCCCCCCC. The second-order valence-electron chi connectivity index (χ2n) is 19.9. The summed E-state index contributed by atoms with van der Waals surface area (Å²) in [6.07, 6.45) is 67.1. The molecule has 392 valence electrons. The van der Waals surface area contributed by atoms with Crippen LogP contribution in [0.15, 0.2) is 36.5 Å². The van der Waals surface area contributed by atoms with Gasteiger partial charge >= 0.3 is 17.9 Å². The number of hydrogen-bond acceptors (Lipinski definition) is 6. The summed E-state index contributed by atoms with van der Waals surface area (Å²) in [6, 6.07) is 0. The molecule has 0 aliphatic heterocycles. The Balaban J connectivity index is 4.36. The smallest absolute Gasteiger partial charge is 0.306 e. The Morgan fingerprint density at radius 2 is 0.537 bits per heavy atom. The van der Waals surface area contributed by atoms with Crippen molar-refractivity contribution in [2.24, 2.45) is 0 Å². The molecule has 0 radical (unpaired) electrons. The molecular formula is C61H112O6. The molecule has 1 atom stereocenters. The van der Waals surface area contributed by atoms with Crippen LogP contribution < -0.4 is 0 Å². The van der Waals surface area contributed by atoms with Crippen molar-refractivity contribution in [1.82, 2.24) is 0 Å². The van der Waals surface area contributed by atoms with E-state index in [0.717, 1.165) is 70.6 Å². The third kappa shape index (κ3) is 54.4.